The quantitative estimate of drug-likeness (QED) is 0.651. The standard InChI is InChI=1S/C14H26N2O2S2/c1-3-4-5-6-7-8-9-16-20(17,18)14-10-12(2)13(11-15)19-14/h10,16H,3-9,11,15H2,1-2H3. The predicted molar refractivity (Wildman–Crippen MR) is 85.5 cm³/mol. The van der Waals surface area contributed by atoms with Gasteiger partial charge in [0.05, 0.1) is 0 Å². The Morgan fingerprint density at radius 2 is 1.85 bits per heavy atom. The van der Waals surface area contributed by atoms with Crippen molar-refractivity contribution < 1.29 is 8.42 Å². The van der Waals surface area contributed by atoms with E-state index < -0.39 is 10.0 Å². The van der Waals surface area contributed by atoms with Gasteiger partial charge in [0.25, 0.3) is 0 Å². The van der Waals surface area contributed by atoms with E-state index in [-0.39, 0.29) is 0 Å². The lowest BCUT2D eigenvalue weighted by atomic mass is 10.1. The molecular formula is C14H26N2O2S2. The summed E-state index contributed by atoms with van der Waals surface area (Å²) >= 11 is 1.27. The second-order valence-electron chi connectivity index (χ2n) is 5.04. The Morgan fingerprint density at radius 3 is 2.45 bits per heavy atom. The van der Waals surface area contributed by atoms with E-state index in [4.69, 9.17) is 5.73 Å². The molecule has 3 N–H and O–H groups in total. The molecule has 0 amide bonds. The third kappa shape index (κ3) is 5.52. The van der Waals surface area contributed by atoms with Gasteiger partial charge in [-0.05, 0) is 25.0 Å². The molecule has 116 valence electrons. The maximum Gasteiger partial charge on any atom is 0.250 e. The van der Waals surface area contributed by atoms with Crippen LogP contribution in [0.1, 0.15) is 55.9 Å². The highest BCUT2D eigenvalue weighted by Crippen LogP contribution is 2.25. The van der Waals surface area contributed by atoms with Gasteiger partial charge in [-0.15, -0.1) is 11.3 Å². The predicted octanol–water partition coefficient (Wildman–Crippen LogP) is 3.15. The minimum atomic E-state index is -3.36. The largest absolute Gasteiger partial charge is 0.326 e. The molecule has 0 bridgehead atoms. The van der Waals surface area contributed by atoms with Gasteiger partial charge in [-0.2, -0.15) is 0 Å². The first-order chi connectivity index (χ1) is 9.51. The van der Waals surface area contributed by atoms with Gasteiger partial charge in [-0.1, -0.05) is 39.0 Å². The number of hydrogen-bond donors (Lipinski definition) is 2. The molecule has 0 spiro atoms. The molecule has 1 aromatic heterocycles. The SMILES string of the molecule is CCCCCCCCNS(=O)(=O)c1cc(C)c(CN)s1. The lowest BCUT2D eigenvalue weighted by Gasteiger charge is -2.04. The molecule has 0 atom stereocenters. The number of sulfonamides is 1. The molecule has 0 fully saturated rings. The van der Waals surface area contributed by atoms with Crippen LogP contribution in [0.2, 0.25) is 0 Å². The van der Waals surface area contributed by atoms with Gasteiger partial charge in [0.1, 0.15) is 4.21 Å². The number of nitrogens with one attached hydrogen (secondary N) is 1. The van der Waals surface area contributed by atoms with E-state index in [1.807, 2.05) is 6.92 Å². The monoisotopic (exact) mass is 318 g/mol. The first-order valence-corrected chi connectivity index (χ1v) is 9.60. The van der Waals surface area contributed by atoms with Crippen molar-refractivity contribution in [3.63, 3.8) is 0 Å². The van der Waals surface area contributed by atoms with Crippen LogP contribution in [-0.4, -0.2) is 15.0 Å². The van der Waals surface area contributed by atoms with Crippen molar-refractivity contribution in [2.75, 3.05) is 6.54 Å². The molecule has 20 heavy (non-hydrogen) atoms. The van der Waals surface area contributed by atoms with E-state index in [0.29, 0.717) is 17.3 Å². The maximum absolute atomic E-state index is 12.1. The van der Waals surface area contributed by atoms with Crippen molar-refractivity contribution in [1.29, 1.82) is 0 Å². The Balaban J connectivity index is 2.38. The maximum atomic E-state index is 12.1. The fraction of sp³-hybridized carbons (Fsp3) is 0.714. The second-order valence-corrected chi connectivity index (χ2v) is 8.17. The van der Waals surface area contributed by atoms with Crippen LogP contribution in [0.5, 0.6) is 0 Å². The fourth-order valence-electron chi connectivity index (χ4n) is 2.01. The van der Waals surface area contributed by atoms with Crippen LogP contribution in [-0.2, 0) is 16.6 Å². The summed E-state index contributed by atoms with van der Waals surface area (Å²) in [5.74, 6) is 0. The van der Waals surface area contributed by atoms with Gasteiger partial charge in [-0.25, -0.2) is 13.1 Å². The summed E-state index contributed by atoms with van der Waals surface area (Å²) in [5.41, 5.74) is 6.54. The molecule has 0 aromatic carbocycles. The molecule has 0 aliphatic heterocycles. The molecule has 4 nitrogen and oxygen atoms in total. The minimum Gasteiger partial charge on any atom is -0.326 e. The van der Waals surface area contributed by atoms with Crippen molar-refractivity contribution >= 4 is 21.4 Å². The van der Waals surface area contributed by atoms with E-state index in [9.17, 15) is 8.42 Å². The number of rotatable bonds is 10. The average Bonchev–Trinajstić information content (AvgIpc) is 2.80. The molecular weight excluding hydrogens is 292 g/mol. The summed E-state index contributed by atoms with van der Waals surface area (Å²) in [4.78, 5) is 0.935. The van der Waals surface area contributed by atoms with Crippen LogP contribution < -0.4 is 10.5 Å². The first-order valence-electron chi connectivity index (χ1n) is 7.30. The Labute approximate surface area is 126 Å². The average molecular weight is 319 g/mol. The summed E-state index contributed by atoms with van der Waals surface area (Å²) in [7, 11) is -3.36. The van der Waals surface area contributed by atoms with E-state index in [2.05, 4.69) is 11.6 Å². The summed E-state index contributed by atoms with van der Waals surface area (Å²) in [6, 6.07) is 1.70. The van der Waals surface area contributed by atoms with Crippen LogP contribution in [0.25, 0.3) is 0 Å². The van der Waals surface area contributed by atoms with Crippen molar-refractivity contribution in [2.45, 2.75) is 63.1 Å². The third-order valence-electron chi connectivity index (χ3n) is 3.27. The van der Waals surface area contributed by atoms with Crippen molar-refractivity contribution in [1.82, 2.24) is 4.72 Å². The summed E-state index contributed by atoms with van der Waals surface area (Å²) in [5, 5.41) is 0. The first kappa shape index (κ1) is 17.6. The molecule has 0 aliphatic rings. The van der Waals surface area contributed by atoms with E-state index >= 15 is 0 Å². The summed E-state index contributed by atoms with van der Waals surface area (Å²) in [6.45, 7) is 4.99. The topological polar surface area (TPSA) is 72.2 Å². The van der Waals surface area contributed by atoms with Gasteiger partial charge in [-0.3, -0.25) is 0 Å². The fourth-order valence-corrected chi connectivity index (χ4v) is 4.59. The summed E-state index contributed by atoms with van der Waals surface area (Å²) in [6.07, 6.45) is 6.91. The van der Waals surface area contributed by atoms with E-state index in [0.717, 1.165) is 23.3 Å². The number of hydrogen-bond acceptors (Lipinski definition) is 4. The Kier molecular flexibility index (Phi) is 7.72. The normalized spacial score (nSPS) is 11.9. The highest BCUT2D eigenvalue weighted by atomic mass is 32.2. The Morgan fingerprint density at radius 1 is 1.20 bits per heavy atom. The molecule has 1 aromatic rings. The minimum absolute atomic E-state index is 0.376. The molecule has 0 saturated carbocycles. The Bertz CT molecular complexity index is 495. The molecule has 1 heterocycles. The van der Waals surface area contributed by atoms with Crippen LogP contribution in [0, 0.1) is 6.92 Å². The lowest BCUT2D eigenvalue weighted by Crippen LogP contribution is -2.24. The highest BCUT2D eigenvalue weighted by Gasteiger charge is 2.17. The lowest BCUT2D eigenvalue weighted by molar-refractivity contribution is 0.569. The van der Waals surface area contributed by atoms with Crippen LogP contribution in [0.4, 0.5) is 0 Å². The molecule has 6 heteroatoms. The van der Waals surface area contributed by atoms with Gasteiger partial charge in [0, 0.05) is 18.0 Å². The van der Waals surface area contributed by atoms with Gasteiger partial charge >= 0.3 is 0 Å². The second kappa shape index (κ2) is 8.77. The van der Waals surface area contributed by atoms with E-state index in [1.165, 1.54) is 37.0 Å². The van der Waals surface area contributed by atoms with Gasteiger partial charge < -0.3 is 5.73 Å². The van der Waals surface area contributed by atoms with Crippen molar-refractivity contribution in [3.05, 3.63) is 16.5 Å². The zero-order valence-electron chi connectivity index (χ0n) is 12.4. The molecule has 0 aliphatic carbocycles. The van der Waals surface area contributed by atoms with Crippen molar-refractivity contribution in [2.24, 2.45) is 5.73 Å². The van der Waals surface area contributed by atoms with E-state index in [1.54, 1.807) is 6.07 Å². The van der Waals surface area contributed by atoms with Gasteiger partial charge in [0.15, 0.2) is 0 Å². The number of aryl methyl sites for hydroxylation is 1. The van der Waals surface area contributed by atoms with Crippen LogP contribution in [0.15, 0.2) is 10.3 Å². The summed E-state index contributed by atoms with van der Waals surface area (Å²) < 4.78 is 27.3. The number of unbranched alkanes of at least 4 members (excludes halogenated alkanes) is 5. The zero-order valence-corrected chi connectivity index (χ0v) is 14.1. The van der Waals surface area contributed by atoms with Crippen LogP contribution in [0.3, 0.4) is 0 Å². The zero-order chi connectivity index (χ0) is 15.0. The van der Waals surface area contributed by atoms with Crippen molar-refractivity contribution in [3.8, 4) is 0 Å². The smallest absolute Gasteiger partial charge is 0.250 e. The highest BCUT2D eigenvalue weighted by molar-refractivity contribution is 7.91. The molecule has 0 unspecified atom stereocenters. The Hall–Kier alpha value is -0.430. The van der Waals surface area contributed by atoms with Crippen LogP contribution >= 0.6 is 11.3 Å². The molecule has 1 rings (SSSR count). The molecule has 0 radical (unpaired) electrons. The number of nitrogens with two attached hydrogens (primary N) is 1. The molecule has 0 saturated heterocycles. The third-order valence-corrected chi connectivity index (χ3v) is 6.46. The van der Waals surface area contributed by atoms with Gasteiger partial charge in [0.2, 0.25) is 10.0 Å². The number of thiophene rings is 1.